The Morgan fingerprint density at radius 1 is 0.223 bits per heavy atom. The van der Waals surface area contributed by atoms with E-state index in [9.17, 15) is 91.9 Å². The molecule has 60 nitrogen and oxygen atoms in total. The van der Waals surface area contributed by atoms with Crippen molar-refractivity contribution < 1.29 is 211 Å². The second-order valence-electron chi connectivity index (χ2n) is 29.8. The van der Waals surface area contributed by atoms with E-state index in [2.05, 4.69) is 0 Å². The van der Waals surface area contributed by atoms with Crippen LogP contribution in [-0.4, -0.2) is 484 Å². The van der Waals surface area contributed by atoms with Gasteiger partial charge in [-0.25, -0.2) is 0 Å². The number of hydrogen-bond donors (Lipinski definition) is 40. The lowest BCUT2D eigenvalue weighted by molar-refractivity contribution is -0.307. The first-order chi connectivity index (χ1) is 55.9. The van der Waals surface area contributed by atoms with Crippen LogP contribution in [0.4, 0.5) is 0 Å². The molecule has 10 aliphatic rings. The monoisotopic (exact) mass is 1840 g/mol. The van der Waals surface area contributed by atoms with Gasteiger partial charge in [-0.2, -0.15) is 25.3 Å². The molecule has 3 saturated carbocycles. The summed E-state index contributed by atoms with van der Waals surface area (Å²) in [6.45, 7) is -1.98. The number of ether oxygens (including phenoxy) is 14. The van der Waals surface area contributed by atoms with E-state index in [0.29, 0.717) is 0 Å². The van der Waals surface area contributed by atoms with E-state index in [4.69, 9.17) is 211 Å². The average molecular weight is 1850 g/mol. The van der Waals surface area contributed by atoms with Crippen LogP contribution in [0, 0.1) is 0 Å². The molecule has 7 saturated heterocycles. The summed E-state index contributed by atoms with van der Waals surface area (Å²) in [4.78, 5) is 0. The van der Waals surface area contributed by atoms with Crippen LogP contribution in [0.15, 0.2) is 0 Å². The van der Waals surface area contributed by atoms with Crippen LogP contribution in [0.5, 0.6) is 0 Å². The maximum Gasteiger partial charge on any atom is 0.394 e. The van der Waals surface area contributed by atoms with Gasteiger partial charge in [0, 0.05) is 69.0 Å². The van der Waals surface area contributed by atoms with Crippen LogP contribution in [-0.2, 0) is 97.5 Å². The van der Waals surface area contributed by atoms with Crippen molar-refractivity contribution in [3.05, 3.63) is 0 Å². The van der Waals surface area contributed by atoms with Gasteiger partial charge >= 0.3 is 31.2 Å². The maximum atomic E-state index is 11.1. The van der Waals surface area contributed by atoms with Gasteiger partial charge in [-0.05, 0) is 19.3 Å². The highest BCUT2D eigenvalue weighted by Gasteiger charge is 2.58. The van der Waals surface area contributed by atoms with Crippen LogP contribution in [0.3, 0.4) is 0 Å². The van der Waals surface area contributed by atoms with Crippen molar-refractivity contribution in [1.82, 2.24) is 0 Å². The largest absolute Gasteiger partial charge is 0.394 e. The lowest BCUT2D eigenvalue weighted by Gasteiger charge is -2.47. The van der Waals surface area contributed by atoms with Crippen LogP contribution >= 0.6 is 0 Å². The van der Waals surface area contributed by atoms with Crippen molar-refractivity contribution in [2.24, 2.45) is 91.7 Å². The Hall–Kier alpha value is -2.31. The second-order valence-corrected chi connectivity index (χ2v) is 32.5. The van der Waals surface area contributed by atoms with Crippen LogP contribution in [0.2, 0.25) is 0 Å². The topological polar surface area (TPSA) is 1130 Å². The number of nitrogens with two attached hydrogens (primary N) is 16. The molecule has 0 unspecified atom stereocenters. The Balaban J connectivity index is 0.000000307. The zero-order chi connectivity index (χ0) is 92.2. The highest BCUT2D eigenvalue weighted by molar-refractivity contribution is 7.80. The van der Waals surface area contributed by atoms with Crippen molar-refractivity contribution >= 4 is 31.2 Å². The molecule has 48 atom stereocenters. The Morgan fingerprint density at radius 2 is 0.405 bits per heavy atom. The van der Waals surface area contributed by atoms with Gasteiger partial charge in [0.15, 0.2) is 44.0 Å². The fraction of sp³-hybridized carbons (Fsp3) is 1.00. The van der Waals surface area contributed by atoms with Gasteiger partial charge in [0.05, 0.1) is 61.7 Å². The maximum absolute atomic E-state index is 11.1. The minimum absolute atomic E-state index is 0.0441. The first kappa shape index (κ1) is 109. The zero-order valence-corrected chi connectivity index (χ0v) is 66.6. The van der Waals surface area contributed by atoms with Crippen molar-refractivity contribution in [2.45, 2.75) is 313 Å². The number of aliphatic hydroxyl groups is 18. The van der Waals surface area contributed by atoms with E-state index in [0.717, 1.165) is 0 Å². The molecule has 0 spiro atoms. The summed E-state index contributed by atoms with van der Waals surface area (Å²) < 4.78 is 175. The molecule has 0 bridgehead atoms. The van der Waals surface area contributed by atoms with E-state index < -0.39 is 338 Å². The zero-order valence-electron chi connectivity index (χ0n) is 64.1. The smallest absolute Gasteiger partial charge is 0.394 e. The molecule has 0 aromatic heterocycles. The van der Waals surface area contributed by atoms with Gasteiger partial charge in [0.25, 0.3) is 0 Å². The van der Waals surface area contributed by atoms with Crippen LogP contribution < -0.4 is 91.7 Å². The standard InChI is InChI=1S/2C23H46N6O13.C12H26N4O6.3H2O4S/c2*24-2-7-13(32)15(34)10(28)21(37-7)40-18-6(27)1-5(26)12(31)20(18)42-23-17(36)19(9(4-30)39-23)41-22-11(29)16(35)14(33)8(3-25)38-22;13-2-5-8(18)9(19)6(16)12(21-5)22-11-4(15)1-3(14)7(17)10(11)20;3*1-5(2,3)4/h2*5-23,30-36H,1-4,24-29H2;3-12,17-20H,1-2,13-16H2;3*(H2,1,2,3,4)/t2*5-,6+,7+,8+,9-,10+,11+,12+,13+,14+,15+,16+,17+,18-,19-,20+,21-,22-,23+;3-,4+,5+,6+,7+,8+,9+,10+,11-,12-;;;/m111.../s1. The fourth-order valence-corrected chi connectivity index (χ4v) is 14.4. The lowest BCUT2D eigenvalue weighted by Crippen LogP contribution is -2.68. The van der Waals surface area contributed by atoms with Crippen molar-refractivity contribution in [1.29, 1.82) is 0 Å². The summed E-state index contributed by atoms with van der Waals surface area (Å²) in [5, 5.41) is 186. The van der Waals surface area contributed by atoms with Crippen molar-refractivity contribution in [3.63, 3.8) is 0 Å². The highest BCUT2D eigenvalue weighted by atomic mass is 32.3. The first-order valence-electron chi connectivity index (χ1n) is 37.1. The second kappa shape index (κ2) is 47.5. The minimum Gasteiger partial charge on any atom is -0.394 e. The molecule has 10 rings (SSSR count). The number of aliphatic hydroxyl groups excluding tert-OH is 18. The van der Waals surface area contributed by atoms with E-state index >= 15 is 0 Å². The lowest BCUT2D eigenvalue weighted by atomic mass is 9.84. The third kappa shape index (κ3) is 29.3. The third-order valence-corrected chi connectivity index (χ3v) is 21.1. The van der Waals surface area contributed by atoms with Gasteiger partial charge < -0.3 is 250 Å². The Kier molecular flexibility index (Phi) is 42.9. The quantitative estimate of drug-likeness (QED) is 0.0475. The number of rotatable bonds is 21. The average Bonchev–Trinajstić information content (AvgIpc) is 1.71. The molecule has 7 heterocycles. The molecule has 0 radical (unpaired) electrons. The molecule has 0 aromatic rings. The third-order valence-electron chi connectivity index (χ3n) is 21.1. The highest BCUT2D eigenvalue weighted by Crippen LogP contribution is 2.38. The summed E-state index contributed by atoms with van der Waals surface area (Å²) in [5.74, 6) is 0. The molecular formula is C58H124N16O44S3. The van der Waals surface area contributed by atoms with Crippen LogP contribution in [0.25, 0.3) is 0 Å². The van der Waals surface area contributed by atoms with E-state index in [1.54, 1.807) is 0 Å². The van der Waals surface area contributed by atoms with Gasteiger partial charge in [-0.15, -0.1) is 0 Å². The van der Waals surface area contributed by atoms with E-state index in [1.807, 2.05) is 0 Å². The summed E-state index contributed by atoms with van der Waals surface area (Å²) in [6, 6.07) is -10.7. The SMILES string of the molecule is NC[C@@H]1O[C@H](O[C@H]2[C@@H](O)[C@@H](O)[C@H](N)C[C@@H]2N)[C@@H](N)[C@H](O)[C@H]1O.NC[C@@H]1O[C@H](O[C@H]2[C@@H](O[C@@H]3O[C@H](CO)[C@@H](O[C@H]4O[C@@H](CN)[C@H](O)[C@@H](O)[C@@H]4N)[C@@H]3O)[C@@H](O)[C@H](N)C[C@@H]2N)[C@@H](N)[C@H](O)[C@H]1O.NC[C@@H]1O[C@H](O[C@H]2[C@@H](O[C@@H]3O[C@H](CO)[C@@H](O[C@H]4O[C@@H](CN)[C@H](O)[C@@H](O)[C@@H]4N)[C@@H]3O)[C@@H](O)[C@H](N)C[C@@H]2N)[C@@H](N)[C@H](O)[C@H]1O.O=S(=O)(O)O.O=S(=O)(O)O.O=S(=O)(O)O. The van der Waals surface area contributed by atoms with Gasteiger partial charge in [0.2, 0.25) is 0 Å². The normalized spacial score (nSPS) is 48.5. The van der Waals surface area contributed by atoms with Crippen molar-refractivity contribution in [3.8, 4) is 0 Å². The fourth-order valence-electron chi connectivity index (χ4n) is 14.4. The predicted molar refractivity (Wildman–Crippen MR) is 394 cm³/mol. The van der Waals surface area contributed by atoms with E-state index in [1.165, 1.54) is 0 Å². The molecule has 63 heteroatoms. The molecule has 7 aliphatic heterocycles. The number of hydrogen-bond acceptors (Lipinski definition) is 54. The molecule has 56 N–H and O–H groups in total. The molecule has 3 aliphatic carbocycles. The summed E-state index contributed by atoms with van der Waals surface area (Å²) in [5.41, 5.74) is 94.1. The molecule has 0 aromatic carbocycles. The first-order valence-corrected chi connectivity index (χ1v) is 41.3. The van der Waals surface area contributed by atoms with Gasteiger partial charge in [-0.3, -0.25) is 27.3 Å². The Labute approximate surface area is 690 Å². The van der Waals surface area contributed by atoms with Crippen molar-refractivity contribution in [2.75, 3.05) is 45.9 Å². The van der Waals surface area contributed by atoms with Gasteiger partial charge in [-0.1, -0.05) is 0 Å². The molecular weight excluding hydrogens is 1720 g/mol. The summed E-state index contributed by atoms with van der Waals surface area (Å²) in [7, 11) is -14.0. The molecule has 121 heavy (non-hydrogen) atoms. The minimum atomic E-state index is -4.67. The summed E-state index contributed by atoms with van der Waals surface area (Å²) >= 11 is 0. The molecule has 0 amide bonds. The van der Waals surface area contributed by atoms with Gasteiger partial charge in [0.1, 0.15) is 165 Å². The summed E-state index contributed by atoms with van der Waals surface area (Å²) in [6.07, 6.45) is -47.3. The Bertz CT molecular complexity index is 3170. The predicted octanol–water partition coefficient (Wildman–Crippen LogP) is -24.9. The van der Waals surface area contributed by atoms with E-state index in [-0.39, 0.29) is 52.0 Å². The molecule has 10 fully saturated rings. The molecule has 718 valence electrons. The van der Waals surface area contributed by atoms with Crippen LogP contribution in [0.1, 0.15) is 19.3 Å². The Morgan fingerprint density at radius 3 is 0.620 bits per heavy atom.